The first kappa shape index (κ1) is 58.6. The van der Waals surface area contributed by atoms with Crippen LogP contribution < -0.4 is 35.8 Å². The molecule has 86 heavy (non-hydrogen) atoms. The molecule has 0 spiro atoms. The summed E-state index contributed by atoms with van der Waals surface area (Å²) in [6.45, 7) is 46.3. The van der Waals surface area contributed by atoms with Crippen molar-refractivity contribution in [2.24, 2.45) is 0 Å². The summed E-state index contributed by atoms with van der Waals surface area (Å²) in [6.07, 6.45) is 0. The van der Waals surface area contributed by atoms with E-state index in [4.69, 9.17) is 4.74 Å². The summed E-state index contributed by atoms with van der Waals surface area (Å²) in [5.41, 5.74) is 25.9. The van der Waals surface area contributed by atoms with Crippen LogP contribution in [0.2, 0.25) is 0 Å². The highest BCUT2D eigenvalue weighted by Crippen LogP contribution is 2.58. The lowest BCUT2D eigenvalue weighted by Gasteiger charge is -2.43. The zero-order valence-corrected chi connectivity index (χ0v) is 55.1. The number of hydrogen-bond acceptors (Lipinski definition) is 4. The summed E-state index contributed by atoms with van der Waals surface area (Å²) in [7, 11) is 0. The molecule has 9 aromatic rings. The monoisotopic (exact) mass is 1130 g/mol. The van der Waals surface area contributed by atoms with E-state index in [-0.39, 0.29) is 44.6 Å². The fourth-order valence-corrected chi connectivity index (χ4v) is 13.5. The molecule has 0 fully saturated rings. The third-order valence-electron chi connectivity index (χ3n) is 18.9. The van der Waals surface area contributed by atoms with E-state index in [0.29, 0.717) is 0 Å². The highest BCUT2D eigenvalue weighted by molar-refractivity contribution is 6.99. The molecule has 1 aliphatic carbocycles. The molecule has 438 valence electrons. The predicted octanol–water partition coefficient (Wildman–Crippen LogP) is 21.1. The molecular weight excluding hydrogens is 1040 g/mol. The molecular formula is C81H90BN3O. The molecule has 0 N–H and O–H groups in total. The molecule has 4 nitrogen and oxygen atoms in total. The molecule has 12 rings (SSSR count). The van der Waals surface area contributed by atoms with E-state index in [1.807, 2.05) is 0 Å². The van der Waals surface area contributed by atoms with Crippen molar-refractivity contribution in [2.45, 2.75) is 176 Å². The van der Waals surface area contributed by atoms with Gasteiger partial charge in [-0.3, -0.25) is 0 Å². The lowest BCUT2D eigenvalue weighted by molar-refractivity contribution is 0.486. The highest BCUT2D eigenvalue weighted by Gasteiger charge is 2.46. The Kier molecular flexibility index (Phi) is 13.7. The smallest absolute Gasteiger partial charge is 0.256 e. The van der Waals surface area contributed by atoms with Crippen LogP contribution in [0, 0.1) is 0 Å². The highest BCUT2D eigenvalue weighted by atomic mass is 16.5. The molecule has 0 amide bonds. The average Bonchev–Trinajstić information content (AvgIpc) is 1.13. The molecule has 0 bridgehead atoms. The van der Waals surface area contributed by atoms with Gasteiger partial charge in [-0.05, 0) is 178 Å². The van der Waals surface area contributed by atoms with Crippen LogP contribution in [-0.2, 0) is 37.9 Å². The maximum atomic E-state index is 7.54. The minimum absolute atomic E-state index is 0.00578. The lowest BCUT2D eigenvalue weighted by atomic mass is 9.33. The molecule has 5 heteroatoms. The maximum Gasteiger partial charge on any atom is 0.256 e. The zero-order chi connectivity index (χ0) is 61.6. The van der Waals surface area contributed by atoms with Crippen LogP contribution in [0.4, 0.5) is 51.2 Å². The van der Waals surface area contributed by atoms with Gasteiger partial charge >= 0.3 is 0 Å². The van der Waals surface area contributed by atoms with Gasteiger partial charge in [-0.25, -0.2) is 0 Å². The fraction of sp³-hybridized carbons (Fsp3) is 0.333. The third kappa shape index (κ3) is 10.2. The molecule has 0 unspecified atom stereocenters. The molecule has 0 saturated carbocycles. The number of anilines is 9. The topological polar surface area (TPSA) is 19.0 Å². The maximum absolute atomic E-state index is 7.54. The minimum Gasteiger partial charge on any atom is -0.458 e. The van der Waals surface area contributed by atoms with Crippen molar-refractivity contribution in [3.8, 4) is 22.6 Å². The van der Waals surface area contributed by atoms with Crippen LogP contribution in [0.5, 0.6) is 11.5 Å². The number of benzene rings is 9. The molecule has 0 saturated heterocycles. The van der Waals surface area contributed by atoms with Gasteiger partial charge in [0.25, 0.3) is 6.71 Å². The van der Waals surface area contributed by atoms with Crippen molar-refractivity contribution in [1.29, 1.82) is 0 Å². The minimum atomic E-state index is -0.340. The summed E-state index contributed by atoms with van der Waals surface area (Å²) < 4.78 is 7.54. The van der Waals surface area contributed by atoms with E-state index in [2.05, 4.69) is 335 Å². The second kappa shape index (κ2) is 20.2. The van der Waals surface area contributed by atoms with Gasteiger partial charge in [-0.1, -0.05) is 236 Å². The van der Waals surface area contributed by atoms with Gasteiger partial charge in [-0.2, -0.15) is 0 Å². The van der Waals surface area contributed by atoms with E-state index < -0.39 is 0 Å². The Balaban J connectivity index is 1.21. The van der Waals surface area contributed by atoms with Crippen molar-refractivity contribution in [1.82, 2.24) is 0 Å². The Morgan fingerprint density at radius 2 is 0.721 bits per heavy atom. The van der Waals surface area contributed by atoms with Crippen LogP contribution in [0.25, 0.3) is 11.1 Å². The number of rotatable bonds is 7. The molecule has 9 aromatic carbocycles. The summed E-state index contributed by atoms with van der Waals surface area (Å²) in [4.78, 5) is 7.60. The lowest BCUT2D eigenvalue weighted by Crippen LogP contribution is -2.60. The summed E-state index contributed by atoms with van der Waals surface area (Å²) in [5, 5.41) is 0. The molecule has 0 radical (unpaired) electrons. The van der Waals surface area contributed by atoms with Crippen molar-refractivity contribution < 1.29 is 4.74 Å². The summed E-state index contributed by atoms with van der Waals surface area (Å²) >= 11 is 0. The first-order valence-electron chi connectivity index (χ1n) is 31.4. The first-order valence-corrected chi connectivity index (χ1v) is 31.4. The van der Waals surface area contributed by atoms with Crippen LogP contribution in [-0.4, -0.2) is 6.71 Å². The quantitative estimate of drug-likeness (QED) is 0.148. The molecule has 0 atom stereocenters. The van der Waals surface area contributed by atoms with E-state index >= 15 is 0 Å². The fourth-order valence-electron chi connectivity index (χ4n) is 13.5. The van der Waals surface area contributed by atoms with Crippen LogP contribution in [0.3, 0.4) is 0 Å². The second-order valence-electron chi connectivity index (χ2n) is 31.7. The summed E-state index contributed by atoms with van der Waals surface area (Å²) in [6, 6.07) is 70.5. The molecule has 3 aliphatic rings. The van der Waals surface area contributed by atoms with Crippen LogP contribution in [0.15, 0.2) is 182 Å². The molecule has 2 aliphatic heterocycles. The van der Waals surface area contributed by atoms with Crippen LogP contribution in [0.1, 0.15) is 183 Å². The van der Waals surface area contributed by atoms with E-state index in [1.54, 1.807) is 0 Å². The normalized spacial score (nSPS) is 14.4. The number of nitrogens with zero attached hydrogens (tertiary/aromatic N) is 3. The van der Waals surface area contributed by atoms with Crippen molar-refractivity contribution in [3.05, 3.63) is 226 Å². The van der Waals surface area contributed by atoms with Gasteiger partial charge < -0.3 is 19.4 Å². The van der Waals surface area contributed by atoms with E-state index in [9.17, 15) is 0 Å². The largest absolute Gasteiger partial charge is 0.458 e. The van der Waals surface area contributed by atoms with E-state index in [0.717, 1.165) is 57.0 Å². The number of ether oxygens (including phenoxy) is 1. The number of fused-ring (bicyclic) bond motifs is 7. The standard InChI is InChI=1S/C81H90BN3O/c1-75(2,3)51-25-35-57(36-26-51)83(58-37-27-52(28-38-58)76(4,5)6)61-47-65-73(63-23-21-22-24-64(63)81(65,19)20)69(48-61)85-68-43-33-55(79(13,14)15)45-66(68)82-67-46-56(80(16,17)18)34-44-71(67)86-72-50-62(49-70(85)74(72)82)84(59-39-29-53(30-40-59)77(7,8)9)60-41-31-54(32-42-60)78(10,11)12/h21-50H,1-20H3. The van der Waals surface area contributed by atoms with Gasteiger partial charge in [0.05, 0.1) is 11.4 Å². The Labute approximate surface area is 516 Å². The Bertz CT molecular complexity index is 3970. The average molecular weight is 1130 g/mol. The van der Waals surface area contributed by atoms with Gasteiger partial charge in [-0.15, -0.1) is 0 Å². The zero-order valence-electron chi connectivity index (χ0n) is 55.1. The first-order chi connectivity index (χ1) is 40.2. The Morgan fingerprint density at radius 3 is 1.16 bits per heavy atom. The third-order valence-corrected chi connectivity index (χ3v) is 18.9. The number of hydrogen-bond donors (Lipinski definition) is 0. The predicted molar refractivity (Wildman–Crippen MR) is 371 cm³/mol. The second-order valence-corrected chi connectivity index (χ2v) is 31.7. The van der Waals surface area contributed by atoms with Gasteiger partial charge in [0.2, 0.25) is 0 Å². The van der Waals surface area contributed by atoms with Crippen molar-refractivity contribution >= 4 is 74.3 Å². The van der Waals surface area contributed by atoms with Crippen molar-refractivity contribution in [2.75, 3.05) is 14.7 Å². The van der Waals surface area contributed by atoms with Gasteiger partial charge in [0.15, 0.2) is 0 Å². The Hall–Kier alpha value is -7.76. The van der Waals surface area contributed by atoms with Crippen molar-refractivity contribution in [3.63, 3.8) is 0 Å². The van der Waals surface area contributed by atoms with Gasteiger partial charge in [0, 0.05) is 56.9 Å². The Morgan fingerprint density at radius 1 is 0.337 bits per heavy atom. The van der Waals surface area contributed by atoms with Crippen LogP contribution >= 0.6 is 0 Å². The SMILES string of the molecule is CC(C)(C)c1ccc(N(c2ccc(C(C)(C)C)cc2)c2cc3c4c(c2)N(c2cc(N(c5ccc(C(C)(C)C)cc5)c5ccc(C(C)(C)C)cc5)cc5c2-c2ccccc2C5(C)C)c2ccc(C(C)(C)C)cc2B4c2cc(C(C)(C)C)ccc2O3)cc1. The molecule has 2 heterocycles. The van der Waals surface area contributed by atoms with Gasteiger partial charge in [0.1, 0.15) is 11.5 Å². The molecule has 0 aromatic heterocycles. The van der Waals surface area contributed by atoms with E-state index in [1.165, 1.54) is 77.7 Å². The summed E-state index contributed by atoms with van der Waals surface area (Å²) in [5.74, 6) is 1.77.